The van der Waals surface area contributed by atoms with E-state index in [1.54, 1.807) is 11.8 Å². The van der Waals surface area contributed by atoms with E-state index in [-0.39, 0.29) is 6.42 Å². The minimum atomic E-state index is -2.27. The maximum Gasteiger partial charge on any atom is 0.335 e. The third kappa shape index (κ3) is 5.00. The molecule has 0 spiro atoms. The van der Waals surface area contributed by atoms with Gasteiger partial charge in [-0.3, -0.25) is 0 Å². The second kappa shape index (κ2) is 8.58. The van der Waals surface area contributed by atoms with Crippen molar-refractivity contribution in [3.8, 4) is 0 Å². The van der Waals surface area contributed by atoms with Crippen LogP contribution in [0.1, 0.15) is 24.0 Å². The molecule has 7 heteroatoms. The Hall–Kier alpha value is -2.02. The maximum absolute atomic E-state index is 11.1. The number of nitrogens with two attached hydrogens (primary N) is 1. The number of carboxylic acids is 2. The van der Waals surface area contributed by atoms with Gasteiger partial charge in [0.25, 0.3) is 0 Å². The second-order valence-electron chi connectivity index (χ2n) is 6.11. The van der Waals surface area contributed by atoms with Crippen molar-refractivity contribution in [1.82, 2.24) is 0 Å². The number of rotatable bonds is 8. The third-order valence-corrected chi connectivity index (χ3v) is 5.36. The number of carboxylic acid groups (broad SMARTS) is 2. The van der Waals surface area contributed by atoms with Gasteiger partial charge in [-0.25, -0.2) is 9.59 Å². The fourth-order valence-electron chi connectivity index (χ4n) is 2.47. The summed E-state index contributed by atoms with van der Waals surface area (Å²) in [6.45, 7) is 2.03. The Labute approximate surface area is 161 Å². The van der Waals surface area contributed by atoms with Crippen LogP contribution in [0.15, 0.2) is 52.3 Å². The summed E-state index contributed by atoms with van der Waals surface area (Å²) in [6, 6.07) is 13.8. The van der Waals surface area contributed by atoms with Gasteiger partial charge in [0.15, 0.2) is 0 Å². The molecule has 0 aliphatic rings. The van der Waals surface area contributed by atoms with Crippen molar-refractivity contribution in [2.24, 2.45) is 5.73 Å². The van der Waals surface area contributed by atoms with Crippen LogP contribution in [-0.2, 0) is 16.0 Å². The number of hydrogen-bond acceptors (Lipinski definition) is 4. The van der Waals surface area contributed by atoms with E-state index in [1.165, 1.54) is 5.56 Å². The zero-order chi connectivity index (χ0) is 19.3. The van der Waals surface area contributed by atoms with Crippen LogP contribution in [-0.4, -0.2) is 27.7 Å². The van der Waals surface area contributed by atoms with Crippen LogP contribution in [0.25, 0.3) is 0 Å². The number of aryl methyl sites for hydroxylation is 2. The molecule has 2 rings (SSSR count). The van der Waals surface area contributed by atoms with E-state index in [1.807, 2.05) is 43.3 Å². The largest absolute Gasteiger partial charge is 0.479 e. The number of halogens is 1. The molecule has 26 heavy (non-hydrogen) atoms. The molecule has 0 amide bonds. The quantitative estimate of drug-likeness (QED) is 0.586. The van der Waals surface area contributed by atoms with Crippen LogP contribution in [0.4, 0.5) is 0 Å². The normalized spacial score (nSPS) is 11.3. The monoisotopic (exact) mass is 393 g/mol. The first-order chi connectivity index (χ1) is 12.2. The third-order valence-electron chi connectivity index (χ3n) is 4.03. The van der Waals surface area contributed by atoms with Gasteiger partial charge in [0.05, 0.1) is 0 Å². The summed E-state index contributed by atoms with van der Waals surface area (Å²) in [5, 5.41) is 18.6. The van der Waals surface area contributed by atoms with Gasteiger partial charge in [0, 0.05) is 14.8 Å². The lowest BCUT2D eigenvalue weighted by atomic mass is 9.93. The summed E-state index contributed by atoms with van der Waals surface area (Å²) in [6.07, 6.45) is 0.584. The molecule has 0 aliphatic carbocycles. The lowest BCUT2D eigenvalue weighted by Gasteiger charge is -2.19. The summed E-state index contributed by atoms with van der Waals surface area (Å²) in [4.78, 5) is 24.3. The first-order valence-electron chi connectivity index (χ1n) is 8.01. The van der Waals surface area contributed by atoms with E-state index in [0.29, 0.717) is 17.9 Å². The zero-order valence-electron chi connectivity index (χ0n) is 14.2. The van der Waals surface area contributed by atoms with Crippen molar-refractivity contribution in [1.29, 1.82) is 0 Å². The Kier molecular flexibility index (Phi) is 6.69. The Balaban J connectivity index is 2.01. The van der Waals surface area contributed by atoms with Crippen molar-refractivity contribution in [3.05, 3.63) is 58.6 Å². The van der Waals surface area contributed by atoms with Gasteiger partial charge < -0.3 is 15.9 Å². The minimum absolute atomic E-state index is 0.173. The predicted octanol–water partition coefficient (Wildman–Crippen LogP) is 3.99. The highest BCUT2D eigenvalue weighted by Gasteiger charge is 2.41. The second-order valence-corrected chi connectivity index (χ2v) is 7.66. The van der Waals surface area contributed by atoms with Crippen LogP contribution in [0.3, 0.4) is 0 Å². The molecular formula is C19H20ClNO4S. The molecule has 138 valence electrons. The summed E-state index contributed by atoms with van der Waals surface area (Å²) in [5.74, 6) is -3.08. The maximum atomic E-state index is 11.1. The summed E-state index contributed by atoms with van der Waals surface area (Å²) >= 11 is 7.93. The molecule has 2 aromatic carbocycles. The van der Waals surface area contributed by atoms with Crippen molar-refractivity contribution in [2.75, 3.05) is 0 Å². The molecule has 0 aliphatic heterocycles. The van der Waals surface area contributed by atoms with Gasteiger partial charge in [0.2, 0.25) is 5.54 Å². The molecule has 0 bridgehead atoms. The molecule has 0 saturated heterocycles. The number of aliphatic carboxylic acids is 2. The number of hydrogen-bond donors (Lipinski definition) is 3. The molecule has 0 atom stereocenters. The highest BCUT2D eigenvalue weighted by atomic mass is 35.5. The van der Waals surface area contributed by atoms with E-state index in [0.717, 1.165) is 15.4 Å². The van der Waals surface area contributed by atoms with Crippen molar-refractivity contribution in [2.45, 2.75) is 41.5 Å². The number of benzene rings is 2. The van der Waals surface area contributed by atoms with E-state index < -0.39 is 17.5 Å². The predicted molar refractivity (Wildman–Crippen MR) is 102 cm³/mol. The van der Waals surface area contributed by atoms with Gasteiger partial charge in [-0.15, -0.1) is 0 Å². The topological polar surface area (TPSA) is 101 Å². The highest BCUT2D eigenvalue weighted by Crippen LogP contribution is 2.32. The number of carbonyl (C=O) groups is 2. The lowest BCUT2D eigenvalue weighted by molar-refractivity contribution is -0.157. The van der Waals surface area contributed by atoms with E-state index in [9.17, 15) is 9.59 Å². The smallest absolute Gasteiger partial charge is 0.335 e. The van der Waals surface area contributed by atoms with Gasteiger partial charge in [-0.1, -0.05) is 47.1 Å². The Bertz CT molecular complexity index is 811. The molecular weight excluding hydrogens is 374 g/mol. The van der Waals surface area contributed by atoms with Crippen LogP contribution < -0.4 is 5.73 Å². The molecule has 0 aromatic heterocycles. The Morgan fingerprint density at radius 3 is 2.35 bits per heavy atom. The lowest BCUT2D eigenvalue weighted by Crippen LogP contribution is -2.54. The van der Waals surface area contributed by atoms with Crippen LogP contribution in [0, 0.1) is 6.92 Å². The zero-order valence-corrected chi connectivity index (χ0v) is 15.8. The first kappa shape index (κ1) is 20.3. The van der Waals surface area contributed by atoms with Crippen molar-refractivity contribution >= 4 is 35.3 Å². The molecule has 0 radical (unpaired) electrons. The van der Waals surface area contributed by atoms with E-state index in [2.05, 4.69) is 6.07 Å². The molecule has 5 nitrogen and oxygen atoms in total. The SMILES string of the molecule is Cc1cccc(Sc2ccc(CCCC(N)(C(=O)O)C(=O)O)c(Cl)c2)c1. The van der Waals surface area contributed by atoms with Gasteiger partial charge >= 0.3 is 11.9 Å². The standard InChI is InChI=1S/C19H20ClNO4S/c1-12-4-2-6-14(10-12)26-15-8-7-13(16(20)11-15)5-3-9-19(21,17(22)23)18(24)25/h2,4,6-8,10-11H,3,5,9,21H2,1H3,(H,22,23)(H,24,25). The van der Waals surface area contributed by atoms with Gasteiger partial charge in [0.1, 0.15) is 0 Å². The summed E-state index contributed by atoms with van der Waals surface area (Å²) in [5.41, 5.74) is 5.21. The van der Waals surface area contributed by atoms with Gasteiger partial charge in [-0.05, 0) is 56.0 Å². The first-order valence-corrected chi connectivity index (χ1v) is 9.20. The van der Waals surface area contributed by atoms with Crippen molar-refractivity contribution < 1.29 is 19.8 Å². The highest BCUT2D eigenvalue weighted by molar-refractivity contribution is 7.99. The van der Waals surface area contributed by atoms with E-state index in [4.69, 9.17) is 27.5 Å². The van der Waals surface area contributed by atoms with Crippen LogP contribution in [0.2, 0.25) is 5.02 Å². The molecule has 0 heterocycles. The van der Waals surface area contributed by atoms with Crippen molar-refractivity contribution in [3.63, 3.8) is 0 Å². The summed E-state index contributed by atoms with van der Waals surface area (Å²) < 4.78 is 0. The van der Waals surface area contributed by atoms with Crippen LogP contribution in [0.5, 0.6) is 0 Å². The Morgan fingerprint density at radius 1 is 1.12 bits per heavy atom. The fourth-order valence-corrected chi connectivity index (χ4v) is 3.79. The van der Waals surface area contributed by atoms with E-state index >= 15 is 0 Å². The minimum Gasteiger partial charge on any atom is -0.479 e. The molecule has 0 unspecified atom stereocenters. The van der Waals surface area contributed by atoms with Gasteiger partial charge in [-0.2, -0.15) is 0 Å². The Morgan fingerprint density at radius 2 is 1.77 bits per heavy atom. The van der Waals surface area contributed by atoms with Crippen LogP contribution >= 0.6 is 23.4 Å². The fraction of sp³-hybridized carbons (Fsp3) is 0.263. The summed E-state index contributed by atoms with van der Waals surface area (Å²) in [7, 11) is 0. The molecule has 4 N–H and O–H groups in total. The average molecular weight is 394 g/mol. The molecule has 2 aromatic rings. The molecule has 0 saturated carbocycles. The molecule has 0 fully saturated rings. The average Bonchev–Trinajstić information content (AvgIpc) is 2.56.